The highest BCUT2D eigenvalue weighted by Gasteiger charge is 2.29. The number of phenols is 2. The van der Waals surface area contributed by atoms with Crippen molar-refractivity contribution in [2.75, 3.05) is 0 Å². The number of para-hydroxylation sites is 1. The van der Waals surface area contributed by atoms with E-state index in [1.54, 1.807) is 36.4 Å². The van der Waals surface area contributed by atoms with Crippen LogP contribution in [0.3, 0.4) is 0 Å². The van der Waals surface area contributed by atoms with Crippen LogP contribution in [0.25, 0.3) is 17.1 Å². The molecule has 0 atom stereocenters. The minimum absolute atomic E-state index is 0.107. The first-order valence-electron chi connectivity index (χ1n) is 8.30. The van der Waals surface area contributed by atoms with Crippen molar-refractivity contribution in [3.63, 3.8) is 0 Å². The molecular formula is C20H14BrN4O3+. The van der Waals surface area contributed by atoms with E-state index in [-0.39, 0.29) is 17.1 Å². The Bertz CT molecular complexity index is 1160. The number of phenolic OH excluding ortho intramolecular Hbond substituents is 2. The largest absolute Gasteiger partial charge is 0.508 e. The molecule has 0 radical (unpaired) electrons. The van der Waals surface area contributed by atoms with Crippen molar-refractivity contribution in [1.29, 1.82) is 0 Å². The van der Waals surface area contributed by atoms with E-state index in [1.807, 2.05) is 12.1 Å². The zero-order valence-corrected chi connectivity index (χ0v) is 16.0. The van der Waals surface area contributed by atoms with Crippen LogP contribution in [0.15, 0.2) is 77.3 Å². The highest BCUT2D eigenvalue weighted by molar-refractivity contribution is 9.10. The number of tetrazole rings is 1. The normalized spacial score (nSPS) is 10.8. The van der Waals surface area contributed by atoms with Crippen LogP contribution in [0, 0.1) is 0 Å². The van der Waals surface area contributed by atoms with Crippen LogP contribution in [0.2, 0.25) is 0 Å². The number of aromatic hydroxyl groups is 2. The van der Waals surface area contributed by atoms with Gasteiger partial charge in [-0.25, -0.2) is 0 Å². The van der Waals surface area contributed by atoms with Gasteiger partial charge in [-0.05, 0) is 70.6 Å². The van der Waals surface area contributed by atoms with Crippen LogP contribution >= 0.6 is 15.9 Å². The lowest BCUT2D eigenvalue weighted by Crippen LogP contribution is -2.47. The van der Waals surface area contributed by atoms with Crippen LogP contribution in [-0.2, 0) is 0 Å². The summed E-state index contributed by atoms with van der Waals surface area (Å²) < 4.78 is 0.883. The van der Waals surface area contributed by atoms with Crippen LogP contribution in [0.4, 0.5) is 0 Å². The summed E-state index contributed by atoms with van der Waals surface area (Å²) >= 11 is 3.38. The summed E-state index contributed by atoms with van der Waals surface area (Å²) in [5.74, 6) is -0.254. The number of carbonyl (C=O) groups is 1. The Morgan fingerprint density at radius 1 is 0.929 bits per heavy atom. The van der Waals surface area contributed by atoms with Crippen molar-refractivity contribution in [1.82, 2.24) is 15.0 Å². The number of rotatable bonds is 3. The van der Waals surface area contributed by atoms with Gasteiger partial charge in [-0.3, -0.25) is 4.79 Å². The molecule has 4 aromatic rings. The summed E-state index contributed by atoms with van der Waals surface area (Å²) in [6, 6.07) is 19.8. The second-order valence-corrected chi connectivity index (χ2v) is 6.86. The monoisotopic (exact) mass is 437 g/mol. The van der Waals surface area contributed by atoms with Gasteiger partial charge in [0.1, 0.15) is 11.5 Å². The number of aromatic nitrogens is 4. The fourth-order valence-electron chi connectivity index (χ4n) is 2.65. The Hall–Kier alpha value is -3.52. The topological polar surface area (TPSA) is 92.1 Å². The van der Waals surface area contributed by atoms with E-state index >= 15 is 0 Å². The van der Waals surface area contributed by atoms with Gasteiger partial charge in [0, 0.05) is 4.47 Å². The highest BCUT2D eigenvalue weighted by Crippen LogP contribution is 2.20. The van der Waals surface area contributed by atoms with E-state index in [0.29, 0.717) is 17.1 Å². The fourth-order valence-corrected chi connectivity index (χ4v) is 2.91. The minimum Gasteiger partial charge on any atom is -0.508 e. The van der Waals surface area contributed by atoms with Gasteiger partial charge in [0.25, 0.3) is 0 Å². The quantitative estimate of drug-likeness (QED) is 0.480. The molecule has 0 aliphatic rings. The van der Waals surface area contributed by atoms with E-state index in [4.69, 9.17) is 0 Å². The lowest BCUT2D eigenvalue weighted by atomic mass is 10.2. The molecule has 0 aliphatic heterocycles. The molecular weight excluding hydrogens is 424 g/mol. The number of benzene rings is 3. The summed E-state index contributed by atoms with van der Waals surface area (Å²) in [6.45, 7) is 0. The van der Waals surface area contributed by atoms with E-state index < -0.39 is 5.91 Å². The Balaban J connectivity index is 1.88. The van der Waals surface area contributed by atoms with Crippen molar-refractivity contribution < 1.29 is 19.8 Å². The molecule has 0 aliphatic carbocycles. The molecule has 8 heteroatoms. The first-order valence-corrected chi connectivity index (χ1v) is 9.10. The van der Waals surface area contributed by atoms with Crippen LogP contribution in [-0.4, -0.2) is 31.1 Å². The second kappa shape index (κ2) is 7.24. The standard InChI is InChI=1S/C20H13BrN4O3/c21-14-7-9-15(10-8-14)24-22-19(13-5-11-16(26)12-6-13)23-25(24)20(28)17-3-1-2-4-18(17)27/h1-12H,(H-,22,23,26,27,28)/p+1. The molecule has 0 saturated heterocycles. The number of carbonyl (C=O) groups excluding carboxylic acids is 1. The molecule has 0 fully saturated rings. The number of nitrogens with zero attached hydrogens (tertiary/aromatic N) is 4. The number of halogens is 1. The summed E-state index contributed by atoms with van der Waals surface area (Å²) in [4.78, 5) is 15.5. The average Bonchev–Trinajstić information content (AvgIpc) is 3.14. The molecule has 2 N–H and O–H groups in total. The summed E-state index contributed by atoms with van der Waals surface area (Å²) in [6.07, 6.45) is 0. The molecule has 28 heavy (non-hydrogen) atoms. The van der Waals surface area contributed by atoms with Gasteiger partial charge in [-0.15, -0.1) is 0 Å². The number of hydrogen-bond donors (Lipinski definition) is 2. The van der Waals surface area contributed by atoms with Gasteiger partial charge >= 0.3 is 11.7 Å². The maximum Gasteiger partial charge on any atom is 0.343 e. The van der Waals surface area contributed by atoms with E-state index in [1.165, 1.54) is 29.1 Å². The van der Waals surface area contributed by atoms with Crippen LogP contribution in [0.5, 0.6) is 11.5 Å². The van der Waals surface area contributed by atoms with E-state index in [9.17, 15) is 15.0 Å². The Labute approximate surface area is 168 Å². The zero-order chi connectivity index (χ0) is 19.7. The Morgan fingerprint density at radius 3 is 2.29 bits per heavy atom. The lowest BCUT2D eigenvalue weighted by Gasteiger charge is -2.01. The van der Waals surface area contributed by atoms with E-state index in [2.05, 4.69) is 26.1 Å². The summed E-state index contributed by atoms with van der Waals surface area (Å²) in [7, 11) is 0. The molecule has 0 spiro atoms. The first-order chi connectivity index (χ1) is 13.5. The molecule has 0 amide bonds. The summed E-state index contributed by atoms with van der Waals surface area (Å²) in [5.41, 5.74) is 1.35. The molecule has 0 bridgehead atoms. The predicted octanol–water partition coefficient (Wildman–Crippen LogP) is 3.08. The smallest absolute Gasteiger partial charge is 0.343 e. The highest BCUT2D eigenvalue weighted by atomic mass is 79.9. The van der Waals surface area contributed by atoms with Crippen molar-refractivity contribution in [3.8, 4) is 28.6 Å². The molecule has 138 valence electrons. The molecule has 7 nitrogen and oxygen atoms in total. The second-order valence-electron chi connectivity index (χ2n) is 5.95. The van der Waals surface area contributed by atoms with Gasteiger partial charge in [-0.1, -0.05) is 28.1 Å². The van der Waals surface area contributed by atoms with Gasteiger partial charge in [-0.2, -0.15) is 0 Å². The van der Waals surface area contributed by atoms with E-state index in [0.717, 1.165) is 9.27 Å². The van der Waals surface area contributed by atoms with Gasteiger partial charge in [0.05, 0.1) is 21.0 Å². The van der Waals surface area contributed by atoms with Crippen molar-refractivity contribution in [3.05, 3.63) is 82.8 Å². The third kappa shape index (κ3) is 3.37. The average molecular weight is 438 g/mol. The number of hydrogen-bond acceptors (Lipinski definition) is 5. The van der Waals surface area contributed by atoms with Gasteiger partial charge in [0.2, 0.25) is 0 Å². The fraction of sp³-hybridized carbons (Fsp3) is 0. The predicted molar refractivity (Wildman–Crippen MR) is 104 cm³/mol. The maximum absolute atomic E-state index is 13.1. The molecule has 1 aromatic heterocycles. The molecule has 4 rings (SSSR count). The van der Waals surface area contributed by atoms with Crippen molar-refractivity contribution in [2.24, 2.45) is 0 Å². The third-order valence-corrected chi connectivity index (χ3v) is 4.59. The Morgan fingerprint density at radius 2 is 1.61 bits per heavy atom. The molecule has 0 saturated carbocycles. The van der Waals surface area contributed by atoms with Crippen LogP contribution < -0.4 is 4.80 Å². The minimum atomic E-state index is -0.529. The third-order valence-electron chi connectivity index (χ3n) is 4.06. The lowest BCUT2D eigenvalue weighted by molar-refractivity contribution is -0.732. The summed E-state index contributed by atoms with van der Waals surface area (Å²) in [5, 5.41) is 28.4. The molecule has 0 unspecified atom stereocenters. The van der Waals surface area contributed by atoms with Crippen LogP contribution in [0.1, 0.15) is 10.4 Å². The molecule has 1 heterocycles. The van der Waals surface area contributed by atoms with Gasteiger partial charge < -0.3 is 10.2 Å². The SMILES string of the molecule is O=C(c1ccccc1O)n1nc(-c2ccc(O)cc2)n[n+]1-c1ccc(Br)cc1. The first kappa shape index (κ1) is 17.9. The zero-order valence-electron chi connectivity index (χ0n) is 14.4. The van der Waals surface area contributed by atoms with Gasteiger partial charge in [0.15, 0.2) is 5.69 Å². The van der Waals surface area contributed by atoms with Crippen molar-refractivity contribution in [2.45, 2.75) is 0 Å². The maximum atomic E-state index is 13.1. The van der Waals surface area contributed by atoms with Crippen molar-refractivity contribution >= 4 is 21.8 Å². The Kier molecular flexibility index (Phi) is 4.62. The molecule has 3 aromatic carbocycles.